The summed E-state index contributed by atoms with van der Waals surface area (Å²) in [6, 6.07) is 33.8. The normalized spacial score (nSPS) is 29.6. The Morgan fingerprint density at radius 2 is 0.905 bits per heavy atom. The summed E-state index contributed by atoms with van der Waals surface area (Å²) in [7, 11) is 0. The summed E-state index contributed by atoms with van der Waals surface area (Å²) < 4.78 is 0. The van der Waals surface area contributed by atoms with Crippen molar-refractivity contribution < 1.29 is 10.2 Å². The Labute approximate surface area is 251 Å². The van der Waals surface area contributed by atoms with E-state index in [2.05, 4.69) is 86.6 Å². The second kappa shape index (κ2) is 10.0. The summed E-state index contributed by atoms with van der Waals surface area (Å²) >= 11 is 0. The molecule has 0 heterocycles. The number of aromatic hydroxyl groups is 2. The predicted molar refractivity (Wildman–Crippen MR) is 173 cm³/mol. The Balaban J connectivity index is 1.42. The monoisotopic (exact) mass is 556 g/mol. The lowest BCUT2D eigenvalue weighted by Crippen LogP contribution is -2.64. The van der Waals surface area contributed by atoms with Crippen molar-refractivity contribution in [2.75, 3.05) is 0 Å². The molecule has 4 bridgehead atoms. The maximum atomic E-state index is 11.0. The maximum absolute atomic E-state index is 11.0. The van der Waals surface area contributed by atoms with Crippen LogP contribution in [0.4, 0.5) is 0 Å². The summed E-state index contributed by atoms with van der Waals surface area (Å²) in [4.78, 5) is 0. The van der Waals surface area contributed by atoms with Crippen LogP contribution in [0.1, 0.15) is 89.2 Å². The van der Waals surface area contributed by atoms with Crippen LogP contribution in [0.2, 0.25) is 0 Å². The first-order valence-corrected chi connectivity index (χ1v) is 16.1. The zero-order valence-electron chi connectivity index (χ0n) is 25.2. The largest absolute Gasteiger partial charge is 0.507 e. The summed E-state index contributed by atoms with van der Waals surface area (Å²) in [5, 5.41) is 22.0. The standard InChI is InChI=1S/C40H44O2/c1-3-19-37-23-38(20-4-2)26-39(24-37,31-15-17-35(41)33(21-31)29-11-7-5-8-12-29)28-40(25-37,27-38)32-16-18-36(42)34(22-32)30-13-9-6-10-14-30/h5-18,21-22,41-42H,3-4,19-20,23-28H2,1-2H3. The van der Waals surface area contributed by atoms with Crippen LogP contribution in [0.15, 0.2) is 97.1 Å². The minimum Gasteiger partial charge on any atom is -0.507 e. The molecular weight excluding hydrogens is 512 g/mol. The van der Waals surface area contributed by atoms with Crippen LogP contribution >= 0.6 is 0 Å². The lowest BCUT2D eigenvalue weighted by atomic mass is 9.32. The van der Waals surface area contributed by atoms with Gasteiger partial charge in [0, 0.05) is 11.1 Å². The molecule has 4 aromatic rings. The van der Waals surface area contributed by atoms with Gasteiger partial charge in [0.2, 0.25) is 0 Å². The third-order valence-corrected chi connectivity index (χ3v) is 11.2. The predicted octanol–water partition coefficient (Wildman–Crippen LogP) is 10.6. The van der Waals surface area contributed by atoms with Gasteiger partial charge in [-0.1, -0.05) is 99.5 Å². The first-order chi connectivity index (χ1) is 20.3. The highest BCUT2D eigenvalue weighted by atomic mass is 16.3. The molecule has 2 nitrogen and oxygen atoms in total. The Kier molecular flexibility index (Phi) is 6.53. The van der Waals surface area contributed by atoms with Gasteiger partial charge in [0.15, 0.2) is 0 Å². The number of phenolic OH excluding ortho intramolecular Hbond substituents is 2. The number of benzene rings is 4. The molecule has 2 heteroatoms. The van der Waals surface area contributed by atoms with E-state index in [-0.39, 0.29) is 10.8 Å². The minimum absolute atomic E-state index is 0.0706. The Morgan fingerprint density at radius 1 is 0.500 bits per heavy atom. The van der Waals surface area contributed by atoms with Gasteiger partial charge in [-0.2, -0.15) is 0 Å². The molecule has 0 aliphatic heterocycles. The SMILES string of the molecule is CCCC12CC3(CCC)CC(c4ccc(O)c(-c5ccccc5)c4)(C1)CC(c1ccc(O)c(-c4ccccc4)c1)(C2)C3. The zero-order valence-corrected chi connectivity index (χ0v) is 25.2. The van der Waals surface area contributed by atoms with E-state index in [1.165, 1.54) is 68.9 Å². The van der Waals surface area contributed by atoms with Gasteiger partial charge < -0.3 is 10.2 Å². The Hall–Kier alpha value is -3.52. The molecule has 4 saturated carbocycles. The topological polar surface area (TPSA) is 40.5 Å². The molecular formula is C40H44O2. The molecule has 4 aliphatic rings. The van der Waals surface area contributed by atoms with E-state index in [1.54, 1.807) is 0 Å². The van der Waals surface area contributed by atoms with Crippen molar-refractivity contribution in [1.29, 1.82) is 0 Å². The summed E-state index contributed by atoms with van der Waals surface area (Å²) in [6.07, 6.45) is 12.4. The molecule has 8 rings (SSSR count). The smallest absolute Gasteiger partial charge is 0.123 e. The van der Waals surface area contributed by atoms with E-state index in [9.17, 15) is 10.2 Å². The van der Waals surface area contributed by atoms with Crippen LogP contribution in [-0.4, -0.2) is 10.2 Å². The molecule has 0 saturated heterocycles. The second-order valence-corrected chi connectivity index (χ2v) is 14.3. The lowest BCUT2D eigenvalue weighted by Gasteiger charge is -2.71. The van der Waals surface area contributed by atoms with Crippen LogP contribution < -0.4 is 0 Å². The molecule has 4 aromatic carbocycles. The van der Waals surface area contributed by atoms with Crippen molar-refractivity contribution in [1.82, 2.24) is 0 Å². The molecule has 0 aromatic heterocycles. The first-order valence-electron chi connectivity index (χ1n) is 16.1. The van der Waals surface area contributed by atoms with Crippen LogP contribution in [-0.2, 0) is 10.8 Å². The van der Waals surface area contributed by atoms with Gasteiger partial charge in [0.05, 0.1) is 0 Å². The molecule has 0 amide bonds. The van der Waals surface area contributed by atoms with Crippen molar-refractivity contribution >= 4 is 0 Å². The van der Waals surface area contributed by atoms with E-state index >= 15 is 0 Å². The van der Waals surface area contributed by atoms with Crippen LogP contribution in [0.3, 0.4) is 0 Å². The fourth-order valence-electron chi connectivity index (χ4n) is 10.7. The fraction of sp³-hybridized carbons (Fsp3) is 0.400. The van der Waals surface area contributed by atoms with E-state index in [0.29, 0.717) is 22.3 Å². The van der Waals surface area contributed by atoms with Crippen molar-refractivity contribution in [2.45, 2.75) is 88.9 Å². The van der Waals surface area contributed by atoms with Gasteiger partial charge in [0.25, 0.3) is 0 Å². The third-order valence-electron chi connectivity index (χ3n) is 11.2. The molecule has 0 spiro atoms. The minimum atomic E-state index is 0.0706. The van der Waals surface area contributed by atoms with Gasteiger partial charge in [-0.25, -0.2) is 0 Å². The summed E-state index contributed by atoms with van der Waals surface area (Å²) in [5.41, 5.74) is 7.63. The average Bonchev–Trinajstić information content (AvgIpc) is 2.97. The molecule has 0 radical (unpaired) electrons. The quantitative estimate of drug-likeness (QED) is 0.227. The molecule has 216 valence electrons. The van der Waals surface area contributed by atoms with Crippen LogP contribution in [0.25, 0.3) is 22.3 Å². The first kappa shape index (κ1) is 27.3. The lowest BCUT2D eigenvalue weighted by molar-refractivity contribution is -0.148. The maximum Gasteiger partial charge on any atom is 0.123 e. The molecule has 0 unspecified atom stereocenters. The van der Waals surface area contributed by atoms with Crippen molar-refractivity contribution in [3.8, 4) is 33.8 Å². The Morgan fingerprint density at radius 3 is 1.29 bits per heavy atom. The van der Waals surface area contributed by atoms with E-state index in [1.807, 2.05) is 24.3 Å². The zero-order chi connectivity index (χ0) is 29.0. The Bertz CT molecular complexity index is 1450. The fourth-order valence-corrected chi connectivity index (χ4v) is 10.7. The van der Waals surface area contributed by atoms with Gasteiger partial charge in [0.1, 0.15) is 11.5 Å². The van der Waals surface area contributed by atoms with Crippen LogP contribution in [0.5, 0.6) is 11.5 Å². The number of hydrogen-bond acceptors (Lipinski definition) is 2. The average molecular weight is 557 g/mol. The van der Waals surface area contributed by atoms with Gasteiger partial charge in [-0.3, -0.25) is 0 Å². The summed E-state index contributed by atoms with van der Waals surface area (Å²) in [5.74, 6) is 0.726. The van der Waals surface area contributed by atoms with E-state index in [0.717, 1.165) is 28.7 Å². The molecule has 0 atom stereocenters. The molecule has 42 heavy (non-hydrogen) atoms. The van der Waals surface area contributed by atoms with Crippen molar-refractivity contribution in [3.63, 3.8) is 0 Å². The molecule has 2 N–H and O–H groups in total. The number of phenols is 2. The van der Waals surface area contributed by atoms with Gasteiger partial charge in [-0.15, -0.1) is 0 Å². The van der Waals surface area contributed by atoms with Gasteiger partial charge >= 0.3 is 0 Å². The van der Waals surface area contributed by atoms with Crippen molar-refractivity contribution in [2.24, 2.45) is 10.8 Å². The third kappa shape index (κ3) is 4.37. The second-order valence-electron chi connectivity index (χ2n) is 14.3. The van der Waals surface area contributed by atoms with Crippen molar-refractivity contribution in [3.05, 3.63) is 108 Å². The molecule has 4 fully saturated rings. The van der Waals surface area contributed by atoms with E-state index in [4.69, 9.17) is 0 Å². The van der Waals surface area contributed by atoms with Gasteiger partial charge in [-0.05, 0) is 120 Å². The molecule has 4 aliphatic carbocycles. The highest BCUT2D eigenvalue weighted by Gasteiger charge is 2.68. The van der Waals surface area contributed by atoms with E-state index < -0.39 is 0 Å². The summed E-state index contributed by atoms with van der Waals surface area (Å²) in [6.45, 7) is 4.74. The highest BCUT2D eigenvalue weighted by molar-refractivity contribution is 5.72. The number of rotatable bonds is 8. The van der Waals surface area contributed by atoms with Crippen LogP contribution in [0, 0.1) is 10.8 Å². The highest BCUT2D eigenvalue weighted by Crippen LogP contribution is 2.76. The number of hydrogen-bond donors (Lipinski definition) is 2.